The number of hydrogen-bond acceptors (Lipinski definition) is 7. The Morgan fingerprint density at radius 3 is 2.48 bits per heavy atom. The average Bonchev–Trinajstić information content (AvgIpc) is 3.06. The molecule has 2 atom stereocenters. The minimum Gasteiger partial charge on any atom is -0.404 e. The van der Waals surface area contributed by atoms with Gasteiger partial charge in [-0.15, -0.1) is 6.58 Å². The first kappa shape index (κ1) is 32.9. The van der Waals surface area contributed by atoms with E-state index in [9.17, 15) is 28.7 Å². The molecule has 48 heavy (non-hydrogen) atoms. The maximum absolute atomic E-state index is 14.4. The first-order valence-electron chi connectivity index (χ1n) is 15.3. The third kappa shape index (κ3) is 7.24. The van der Waals surface area contributed by atoms with Crippen molar-refractivity contribution in [1.82, 2.24) is 30.1 Å². The number of hydrogen-bond donors (Lipinski definition) is 3. The van der Waals surface area contributed by atoms with Crippen molar-refractivity contribution in [2.24, 2.45) is 0 Å². The van der Waals surface area contributed by atoms with E-state index in [4.69, 9.17) is 0 Å². The van der Waals surface area contributed by atoms with Crippen molar-refractivity contribution in [3.8, 4) is 5.75 Å². The highest BCUT2D eigenvalue weighted by atomic mass is 31.2. The lowest BCUT2D eigenvalue weighted by Crippen LogP contribution is -2.76. The number of amides is 4. The van der Waals surface area contributed by atoms with Gasteiger partial charge in [0, 0.05) is 37.6 Å². The highest BCUT2D eigenvalue weighted by Gasteiger charge is 2.51. The molecule has 0 saturated carbocycles. The fourth-order valence-electron chi connectivity index (χ4n) is 6.25. The molecule has 2 saturated heterocycles. The van der Waals surface area contributed by atoms with Crippen LogP contribution in [-0.4, -0.2) is 84.3 Å². The predicted octanol–water partition coefficient (Wildman–Crippen LogP) is 3.44. The van der Waals surface area contributed by atoms with Crippen LogP contribution in [0, 0.1) is 0 Å². The van der Waals surface area contributed by atoms with E-state index in [1.54, 1.807) is 34.3 Å². The first-order chi connectivity index (χ1) is 23.1. The Morgan fingerprint density at radius 1 is 1.00 bits per heavy atom. The maximum atomic E-state index is 14.4. The number of rotatable bonds is 10. The van der Waals surface area contributed by atoms with Gasteiger partial charge in [-0.25, -0.2) is 19.4 Å². The van der Waals surface area contributed by atoms with Crippen LogP contribution in [0.4, 0.5) is 4.79 Å². The zero-order valence-corrected chi connectivity index (χ0v) is 26.9. The molecule has 2 aliphatic heterocycles. The van der Waals surface area contributed by atoms with Gasteiger partial charge in [0.25, 0.3) is 0 Å². The van der Waals surface area contributed by atoms with Gasteiger partial charge >= 0.3 is 13.9 Å². The van der Waals surface area contributed by atoms with Gasteiger partial charge in [0.2, 0.25) is 11.8 Å². The summed E-state index contributed by atoms with van der Waals surface area (Å²) in [5.74, 6) is -0.662. The summed E-state index contributed by atoms with van der Waals surface area (Å²) in [5, 5.41) is 7.04. The molecule has 13 nitrogen and oxygen atoms in total. The predicted molar refractivity (Wildman–Crippen MR) is 177 cm³/mol. The average molecular weight is 671 g/mol. The first-order valence-corrected chi connectivity index (χ1v) is 16.9. The Morgan fingerprint density at radius 2 is 1.75 bits per heavy atom. The van der Waals surface area contributed by atoms with Crippen molar-refractivity contribution in [3.63, 3.8) is 0 Å². The van der Waals surface area contributed by atoms with Crippen molar-refractivity contribution in [3.05, 3.63) is 120 Å². The van der Waals surface area contributed by atoms with Gasteiger partial charge in [0.05, 0.1) is 18.6 Å². The summed E-state index contributed by atoms with van der Waals surface area (Å²) in [6.07, 6.45) is 2.56. The summed E-state index contributed by atoms with van der Waals surface area (Å²) in [6, 6.07) is 23.6. The normalized spacial score (nSPS) is 18.5. The molecule has 3 heterocycles. The number of hydrazine groups is 1. The topological polar surface area (TPSA) is 156 Å². The van der Waals surface area contributed by atoms with Crippen LogP contribution < -0.4 is 9.84 Å². The summed E-state index contributed by atoms with van der Waals surface area (Å²) < 4.78 is 16.0. The molecule has 14 heteroatoms. The van der Waals surface area contributed by atoms with E-state index in [1.807, 2.05) is 60.7 Å². The molecule has 2 aliphatic rings. The van der Waals surface area contributed by atoms with Crippen LogP contribution in [-0.2, 0) is 33.7 Å². The molecule has 0 unspecified atom stereocenters. The zero-order valence-electron chi connectivity index (χ0n) is 26.0. The quantitative estimate of drug-likeness (QED) is 0.170. The van der Waals surface area contributed by atoms with Crippen LogP contribution in [0.2, 0.25) is 0 Å². The number of urea groups is 1. The van der Waals surface area contributed by atoms with Crippen molar-refractivity contribution in [1.29, 1.82) is 0 Å². The molecule has 0 bridgehead atoms. The van der Waals surface area contributed by atoms with E-state index in [0.29, 0.717) is 5.56 Å². The third-order valence-corrected chi connectivity index (χ3v) is 8.77. The highest BCUT2D eigenvalue weighted by molar-refractivity contribution is 7.46. The second-order valence-electron chi connectivity index (χ2n) is 11.6. The van der Waals surface area contributed by atoms with Crippen LogP contribution in [0.25, 0.3) is 10.9 Å². The fraction of sp³-hybridized carbons (Fsp3) is 0.235. The van der Waals surface area contributed by atoms with Crippen molar-refractivity contribution < 1.29 is 33.3 Å². The molecular weight excluding hydrogens is 635 g/mol. The summed E-state index contributed by atoms with van der Waals surface area (Å²) in [7, 11) is -4.76. The molecule has 6 rings (SSSR count). The molecule has 4 aromatic rings. The molecule has 248 valence electrons. The van der Waals surface area contributed by atoms with Crippen molar-refractivity contribution in [2.45, 2.75) is 31.7 Å². The second kappa shape index (κ2) is 14.0. The van der Waals surface area contributed by atoms with Crippen LogP contribution >= 0.6 is 7.82 Å². The molecule has 1 aromatic heterocycles. The van der Waals surface area contributed by atoms with Gasteiger partial charge < -0.3 is 19.6 Å². The van der Waals surface area contributed by atoms with E-state index in [1.165, 1.54) is 22.0 Å². The molecular formula is C34H35N6O7P. The Bertz CT molecular complexity index is 1860. The van der Waals surface area contributed by atoms with Crippen LogP contribution in [0.1, 0.15) is 16.7 Å². The lowest BCUT2D eigenvalue weighted by Gasteiger charge is -2.55. The number of piperazine rings is 1. The smallest absolute Gasteiger partial charge is 0.404 e. The number of fused-ring (bicyclic) bond motifs is 2. The minimum atomic E-state index is -4.76. The lowest BCUT2D eigenvalue weighted by atomic mass is 9.98. The second-order valence-corrected chi connectivity index (χ2v) is 12.7. The monoisotopic (exact) mass is 670 g/mol. The van der Waals surface area contributed by atoms with E-state index >= 15 is 0 Å². The summed E-state index contributed by atoms with van der Waals surface area (Å²) >= 11 is 0. The number of aromatic nitrogens is 1. The third-order valence-electron chi connectivity index (χ3n) is 8.32. The van der Waals surface area contributed by atoms with Gasteiger partial charge in [0.15, 0.2) is 0 Å². The van der Waals surface area contributed by atoms with Gasteiger partial charge in [-0.3, -0.25) is 24.4 Å². The van der Waals surface area contributed by atoms with Gasteiger partial charge in [0.1, 0.15) is 18.0 Å². The SMILES string of the molecule is C=CCN1CC(=O)N2[C@@H](Cc3ccc(OP(=O)(O)O)cc3)C(=O)N(Cc3cccc4cccnc34)C[C@@H]2N1C(=O)NCc1ccccc1. The summed E-state index contributed by atoms with van der Waals surface area (Å²) in [6.45, 7) is 4.41. The van der Waals surface area contributed by atoms with Crippen molar-refractivity contribution >= 4 is 36.6 Å². The van der Waals surface area contributed by atoms with E-state index in [2.05, 4.69) is 21.4 Å². The number of benzene rings is 3. The number of phosphoric ester groups is 1. The molecule has 3 aromatic carbocycles. The highest BCUT2D eigenvalue weighted by Crippen LogP contribution is 2.38. The van der Waals surface area contributed by atoms with E-state index in [0.717, 1.165) is 22.0 Å². The number of phosphoric acid groups is 1. The maximum Gasteiger partial charge on any atom is 0.524 e. The summed E-state index contributed by atoms with van der Waals surface area (Å²) in [4.78, 5) is 68.3. The van der Waals surface area contributed by atoms with Gasteiger partial charge in [-0.05, 0) is 34.9 Å². The summed E-state index contributed by atoms with van der Waals surface area (Å²) in [5.41, 5.74) is 3.09. The molecule has 4 amide bonds. The number of nitrogens with one attached hydrogen (secondary N) is 1. The van der Waals surface area contributed by atoms with Crippen LogP contribution in [0.5, 0.6) is 5.75 Å². The Hall–Kier alpha value is -5.07. The molecule has 0 aliphatic carbocycles. The number of pyridine rings is 1. The Balaban J connectivity index is 1.36. The number of nitrogens with zero attached hydrogens (tertiary/aromatic N) is 5. The number of carbonyl (C=O) groups is 3. The molecule has 0 radical (unpaired) electrons. The minimum absolute atomic E-state index is 0.0413. The molecule has 0 spiro atoms. The standard InChI is InChI=1S/C34H35N6O7P/c1-2-18-38-23-31(41)39-29(19-24-13-15-28(16-14-24)47-48(44,45)46)33(42)37(21-27-11-6-10-26-12-7-17-35-32(26)27)22-30(39)40(38)34(43)36-20-25-8-4-3-5-9-25/h2-17,29-30H,1,18-23H2,(H,36,43)(H2,44,45,46)/t29-,30-/m0/s1. The molecule has 2 fully saturated rings. The Labute approximate surface area is 277 Å². The van der Waals surface area contributed by atoms with E-state index < -0.39 is 26.1 Å². The van der Waals surface area contributed by atoms with Gasteiger partial charge in [-0.2, -0.15) is 0 Å². The van der Waals surface area contributed by atoms with Crippen molar-refractivity contribution in [2.75, 3.05) is 19.6 Å². The van der Waals surface area contributed by atoms with E-state index in [-0.39, 0.29) is 56.7 Å². The van der Waals surface area contributed by atoms with Crippen LogP contribution in [0.15, 0.2) is 104 Å². The zero-order chi connectivity index (χ0) is 33.8. The molecule has 3 N–H and O–H groups in total. The number of para-hydroxylation sites is 1. The van der Waals surface area contributed by atoms with Gasteiger partial charge in [-0.1, -0.05) is 72.8 Å². The Kier molecular flexibility index (Phi) is 9.56. The number of carbonyl (C=O) groups excluding carboxylic acids is 3. The largest absolute Gasteiger partial charge is 0.524 e. The fourth-order valence-corrected chi connectivity index (χ4v) is 6.64. The van der Waals surface area contributed by atoms with Crippen LogP contribution in [0.3, 0.4) is 0 Å². The lowest BCUT2D eigenvalue weighted by molar-refractivity contribution is -0.189.